The Balaban J connectivity index is 1.28. The molecule has 1 aliphatic carbocycles. The maximum absolute atomic E-state index is 2.42. The summed E-state index contributed by atoms with van der Waals surface area (Å²) in [6.07, 6.45) is 0. The van der Waals surface area contributed by atoms with Gasteiger partial charge in [-0.3, -0.25) is 0 Å². The van der Waals surface area contributed by atoms with Crippen LogP contribution < -0.4 is 4.90 Å². The van der Waals surface area contributed by atoms with Gasteiger partial charge in [-0.05, 0) is 81.9 Å². The van der Waals surface area contributed by atoms with E-state index in [2.05, 4.69) is 158 Å². The van der Waals surface area contributed by atoms with Crippen molar-refractivity contribution in [2.75, 3.05) is 4.90 Å². The third kappa shape index (κ3) is 3.75. The fraction of sp³-hybridized carbons (Fsp3) is 0.0769. The number of rotatable bonds is 4. The zero-order valence-corrected chi connectivity index (χ0v) is 24.0. The molecule has 1 aliphatic rings. The van der Waals surface area contributed by atoms with E-state index in [1.54, 1.807) is 0 Å². The van der Waals surface area contributed by atoms with Crippen LogP contribution >= 0.6 is 11.3 Å². The summed E-state index contributed by atoms with van der Waals surface area (Å²) >= 11 is 1.90. The van der Waals surface area contributed by atoms with Crippen molar-refractivity contribution in [3.05, 3.63) is 151 Å². The van der Waals surface area contributed by atoms with Crippen LogP contribution in [0.25, 0.3) is 42.4 Å². The molecule has 2 heteroatoms. The van der Waals surface area contributed by atoms with Crippen molar-refractivity contribution in [1.82, 2.24) is 0 Å². The third-order valence-electron chi connectivity index (χ3n) is 8.64. The Morgan fingerprint density at radius 3 is 1.90 bits per heavy atom. The highest BCUT2D eigenvalue weighted by Gasteiger charge is 2.38. The molecule has 0 radical (unpaired) electrons. The van der Waals surface area contributed by atoms with Crippen LogP contribution in [0.1, 0.15) is 25.0 Å². The summed E-state index contributed by atoms with van der Waals surface area (Å²) in [5, 5.41) is 2.79. The lowest BCUT2D eigenvalue weighted by atomic mass is 9.80. The van der Waals surface area contributed by atoms with Gasteiger partial charge in [0.15, 0.2) is 0 Å². The van der Waals surface area contributed by atoms with Gasteiger partial charge in [-0.1, -0.05) is 105 Å². The average molecular weight is 544 g/mol. The van der Waals surface area contributed by atoms with Crippen molar-refractivity contribution in [2.45, 2.75) is 19.3 Å². The summed E-state index contributed by atoms with van der Waals surface area (Å²) in [5.74, 6) is 0. The molecule has 1 nitrogen and oxygen atoms in total. The number of fused-ring (bicyclic) bond motifs is 7. The lowest BCUT2D eigenvalue weighted by Gasteiger charge is -2.28. The molecule has 0 spiro atoms. The van der Waals surface area contributed by atoms with Gasteiger partial charge in [0.1, 0.15) is 0 Å². The van der Waals surface area contributed by atoms with Crippen LogP contribution in [0.4, 0.5) is 17.1 Å². The number of benzene rings is 6. The number of hydrogen-bond donors (Lipinski definition) is 0. The van der Waals surface area contributed by atoms with E-state index in [-0.39, 0.29) is 5.41 Å². The fourth-order valence-corrected chi connectivity index (χ4v) is 7.82. The van der Waals surface area contributed by atoms with Crippen LogP contribution in [0, 0.1) is 0 Å². The number of anilines is 3. The molecular formula is C39H29NS. The van der Waals surface area contributed by atoms with Gasteiger partial charge in [-0.2, -0.15) is 0 Å². The Kier molecular flexibility index (Phi) is 5.42. The third-order valence-corrected chi connectivity index (χ3v) is 9.78. The second-order valence-electron chi connectivity index (χ2n) is 11.4. The number of thiophene rings is 1. The van der Waals surface area contributed by atoms with Gasteiger partial charge in [0.25, 0.3) is 0 Å². The molecule has 7 aromatic rings. The van der Waals surface area contributed by atoms with Crippen LogP contribution in [0.15, 0.2) is 140 Å². The van der Waals surface area contributed by atoms with Crippen LogP contribution in [-0.4, -0.2) is 0 Å². The molecule has 0 aliphatic heterocycles. The Morgan fingerprint density at radius 1 is 0.512 bits per heavy atom. The van der Waals surface area contributed by atoms with Crippen molar-refractivity contribution >= 4 is 48.6 Å². The molecule has 8 rings (SSSR count). The maximum Gasteiger partial charge on any atom is 0.0465 e. The van der Waals surface area contributed by atoms with Crippen molar-refractivity contribution < 1.29 is 0 Å². The Bertz CT molecular complexity index is 2050. The first-order valence-electron chi connectivity index (χ1n) is 14.2. The van der Waals surface area contributed by atoms with E-state index in [1.165, 1.54) is 59.2 Å². The lowest BCUT2D eigenvalue weighted by molar-refractivity contribution is 0.667. The van der Waals surface area contributed by atoms with Crippen LogP contribution in [0.3, 0.4) is 0 Å². The minimum absolute atomic E-state index is 0.121. The zero-order chi connectivity index (χ0) is 27.6. The van der Waals surface area contributed by atoms with Crippen LogP contribution in [-0.2, 0) is 5.41 Å². The van der Waals surface area contributed by atoms with Gasteiger partial charge >= 0.3 is 0 Å². The molecule has 0 unspecified atom stereocenters. The predicted molar refractivity (Wildman–Crippen MR) is 177 cm³/mol. The summed E-state index contributed by atoms with van der Waals surface area (Å²) in [4.78, 5) is 2.38. The largest absolute Gasteiger partial charge is 0.310 e. The monoisotopic (exact) mass is 543 g/mol. The lowest BCUT2D eigenvalue weighted by Crippen LogP contribution is -2.17. The molecule has 0 N–H and O–H groups in total. The smallest absolute Gasteiger partial charge is 0.0465 e. The second kappa shape index (κ2) is 9.19. The van der Waals surface area contributed by atoms with Crippen molar-refractivity contribution in [3.8, 4) is 22.3 Å². The van der Waals surface area contributed by atoms with E-state index in [0.29, 0.717) is 0 Å². The normalized spacial score (nSPS) is 13.3. The first-order valence-corrected chi connectivity index (χ1v) is 15.0. The van der Waals surface area contributed by atoms with Crippen LogP contribution in [0.2, 0.25) is 0 Å². The molecule has 0 saturated carbocycles. The Labute approximate surface area is 245 Å². The standard InChI is InChI=1S/C39H29NS/c1-39(2)34-25-30(21-22-31(34)32-23-24-36-37(38(32)39)33-15-9-10-16-35(33)41-36)40(28-13-7-4-8-14-28)29-19-17-27(18-20-29)26-11-5-3-6-12-26/h3-25H,1-2H3. The highest BCUT2D eigenvalue weighted by atomic mass is 32.1. The minimum atomic E-state index is -0.121. The quantitative estimate of drug-likeness (QED) is 0.213. The number of para-hydroxylation sites is 1. The van der Waals surface area contributed by atoms with E-state index in [4.69, 9.17) is 0 Å². The molecule has 196 valence electrons. The number of nitrogens with zero attached hydrogens (tertiary/aromatic N) is 1. The molecule has 0 amide bonds. The van der Waals surface area contributed by atoms with Gasteiger partial charge in [0.05, 0.1) is 0 Å². The first kappa shape index (κ1) is 24.2. The summed E-state index contributed by atoms with van der Waals surface area (Å²) in [7, 11) is 0. The Hall–Kier alpha value is -4.66. The van der Waals surface area contributed by atoms with Gasteiger partial charge in [0, 0.05) is 42.6 Å². The maximum atomic E-state index is 2.42. The van der Waals surface area contributed by atoms with E-state index < -0.39 is 0 Å². The van der Waals surface area contributed by atoms with Crippen molar-refractivity contribution in [1.29, 1.82) is 0 Å². The Morgan fingerprint density at radius 2 is 1.12 bits per heavy atom. The number of hydrogen-bond acceptors (Lipinski definition) is 2. The molecule has 0 atom stereocenters. The van der Waals surface area contributed by atoms with Crippen molar-refractivity contribution in [3.63, 3.8) is 0 Å². The molecule has 0 fully saturated rings. The summed E-state index contributed by atoms with van der Waals surface area (Å²) < 4.78 is 2.73. The SMILES string of the molecule is CC1(C)c2cc(N(c3ccccc3)c3ccc(-c4ccccc4)cc3)ccc2-c2ccc3sc4ccccc4c3c21. The van der Waals surface area contributed by atoms with Gasteiger partial charge in [0.2, 0.25) is 0 Å². The van der Waals surface area contributed by atoms with E-state index in [9.17, 15) is 0 Å². The van der Waals surface area contributed by atoms with Gasteiger partial charge < -0.3 is 4.90 Å². The molecule has 1 heterocycles. The van der Waals surface area contributed by atoms with Gasteiger partial charge in [-0.15, -0.1) is 11.3 Å². The molecule has 1 aromatic heterocycles. The highest BCUT2D eigenvalue weighted by molar-refractivity contribution is 7.25. The van der Waals surface area contributed by atoms with Crippen molar-refractivity contribution in [2.24, 2.45) is 0 Å². The molecule has 41 heavy (non-hydrogen) atoms. The summed E-state index contributed by atoms with van der Waals surface area (Å²) in [6.45, 7) is 4.80. The van der Waals surface area contributed by atoms with Crippen LogP contribution in [0.5, 0.6) is 0 Å². The summed E-state index contributed by atoms with van der Waals surface area (Å²) in [5.41, 5.74) is 11.4. The first-order chi connectivity index (χ1) is 20.1. The average Bonchev–Trinajstić information content (AvgIpc) is 3.51. The fourth-order valence-electron chi connectivity index (χ4n) is 6.71. The van der Waals surface area contributed by atoms with E-state index >= 15 is 0 Å². The van der Waals surface area contributed by atoms with Gasteiger partial charge in [-0.25, -0.2) is 0 Å². The second-order valence-corrected chi connectivity index (χ2v) is 12.5. The highest BCUT2D eigenvalue weighted by Crippen LogP contribution is 2.55. The minimum Gasteiger partial charge on any atom is -0.310 e. The summed E-state index contributed by atoms with van der Waals surface area (Å²) in [6, 6.07) is 50.8. The molecule has 6 aromatic carbocycles. The molecular weight excluding hydrogens is 515 g/mol. The molecule has 0 saturated heterocycles. The van der Waals surface area contributed by atoms with E-state index in [1.807, 2.05) is 11.3 Å². The molecule has 0 bridgehead atoms. The van der Waals surface area contributed by atoms with E-state index in [0.717, 1.165) is 11.4 Å². The zero-order valence-electron chi connectivity index (χ0n) is 23.1. The predicted octanol–water partition coefficient (Wildman–Crippen LogP) is 11.5. The topological polar surface area (TPSA) is 3.24 Å².